The molecule has 3 aromatic rings. The first-order valence-electron chi connectivity index (χ1n) is 11.3. The normalized spacial score (nSPS) is 11.0. The number of aromatic carboxylic acids is 1. The molecule has 0 aliphatic heterocycles. The zero-order chi connectivity index (χ0) is 24.0. The van der Waals surface area contributed by atoms with Crippen molar-refractivity contribution in [3.05, 3.63) is 81.0 Å². The lowest BCUT2D eigenvalue weighted by molar-refractivity contribution is 0.0697. The summed E-state index contributed by atoms with van der Waals surface area (Å²) in [5, 5.41) is 9.66. The van der Waals surface area contributed by atoms with Crippen molar-refractivity contribution in [2.45, 2.75) is 58.9 Å². The number of nitrogens with zero attached hydrogens (tertiary/aromatic N) is 2. The van der Waals surface area contributed by atoms with Gasteiger partial charge in [0.1, 0.15) is 5.15 Å². The van der Waals surface area contributed by atoms with Crippen LogP contribution in [0.25, 0.3) is 11.1 Å². The number of benzene rings is 2. The molecule has 0 amide bonds. The third-order valence-corrected chi connectivity index (χ3v) is 6.09. The Morgan fingerprint density at radius 3 is 2.27 bits per heavy atom. The summed E-state index contributed by atoms with van der Waals surface area (Å²) < 4.78 is 2.70. The number of rotatable bonds is 10. The first kappa shape index (κ1) is 24.5. The van der Waals surface area contributed by atoms with Crippen LogP contribution in [0, 0.1) is 0 Å². The van der Waals surface area contributed by atoms with E-state index in [1.54, 1.807) is 28.8 Å². The molecule has 0 bridgehead atoms. The molecule has 1 heterocycles. The molecule has 0 atom stereocenters. The highest BCUT2D eigenvalue weighted by atomic mass is 35.5. The molecule has 0 radical (unpaired) electrons. The van der Waals surface area contributed by atoms with Gasteiger partial charge in [-0.2, -0.15) is 0 Å². The number of hydrogen-bond donors (Lipinski definition) is 1. The Morgan fingerprint density at radius 2 is 1.64 bits per heavy atom. The molecule has 33 heavy (non-hydrogen) atoms. The molecule has 7 heteroatoms. The van der Waals surface area contributed by atoms with Gasteiger partial charge < -0.3 is 5.11 Å². The van der Waals surface area contributed by atoms with Crippen LogP contribution >= 0.6 is 11.6 Å². The quantitative estimate of drug-likeness (QED) is 0.402. The summed E-state index contributed by atoms with van der Waals surface area (Å²) in [6, 6.07) is 14.3. The summed E-state index contributed by atoms with van der Waals surface area (Å²) in [6.07, 6.45) is 4.26. The maximum Gasteiger partial charge on any atom is 0.336 e. The Balaban J connectivity index is 1.95. The van der Waals surface area contributed by atoms with Gasteiger partial charge in [0.2, 0.25) is 5.91 Å². The van der Waals surface area contributed by atoms with E-state index in [2.05, 4.69) is 6.92 Å². The number of carbonyl (C=O) groups excluding carboxylic acids is 1. The van der Waals surface area contributed by atoms with Crippen LogP contribution in [0.15, 0.2) is 53.3 Å². The van der Waals surface area contributed by atoms with E-state index in [4.69, 9.17) is 11.6 Å². The molecule has 3 rings (SSSR count). The lowest BCUT2D eigenvalue weighted by atomic mass is 9.99. The third-order valence-electron chi connectivity index (χ3n) is 5.71. The van der Waals surface area contributed by atoms with Gasteiger partial charge in [-0.15, -0.1) is 0 Å². The van der Waals surface area contributed by atoms with Crippen LogP contribution in [0.4, 0.5) is 0 Å². The summed E-state index contributed by atoms with van der Waals surface area (Å²) in [4.78, 5) is 37.3. The van der Waals surface area contributed by atoms with Crippen LogP contribution in [0.2, 0.25) is 5.15 Å². The zero-order valence-electron chi connectivity index (χ0n) is 19.0. The van der Waals surface area contributed by atoms with Crippen molar-refractivity contribution in [1.82, 2.24) is 9.13 Å². The van der Waals surface area contributed by atoms with Gasteiger partial charge in [-0.1, -0.05) is 80.8 Å². The highest BCUT2D eigenvalue weighted by molar-refractivity contribution is 6.31. The van der Waals surface area contributed by atoms with Gasteiger partial charge in [-0.05, 0) is 42.0 Å². The fourth-order valence-electron chi connectivity index (χ4n) is 3.86. The van der Waals surface area contributed by atoms with Gasteiger partial charge in [0, 0.05) is 6.42 Å². The van der Waals surface area contributed by atoms with Crippen molar-refractivity contribution in [2.75, 3.05) is 0 Å². The van der Waals surface area contributed by atoms with Gasteiger partial charge in [-0.3, -0.25) is 9.36 Å². The molecule has 0 aliphatic rings. The summed E-state index contributed by atoms with van der Waals surface area (Å²) >= 11 is 6.53. The Hall–Kier alpha value is -3.12. The van der Waals surface area contributed by atoms with E-state index in [0.717, 1.165) is 35.0 Å². The first-order chi connectivity index (χ1) is 15.9. The minimum Gasteiger partial charge on any atom is -0.478 e. The summed E-state index contributed by atoms with van der Waals surface area (Å²) in [5.41, 5.74) is 2.77. The van der Waals surface area contributed by atoms with Crippen LogP contribution in [0.3, 0.4) is 0 Å². The topological polar surface area (TPSA) is 81.3 Å². The second kappa shape index (κ2) is 11.1. The fraction of sp³-hybridized carbons (Fsp3) is 0.346. The van der Waals surface area contributed by atoms with Crippen molar-refractivity contribution < 1.29 is 14.7 Å². The number of halogens is 1. The Bertz CT molecular complexity index is 1190. The largest absolute Gasteiger partial charge is 0.478 e. The minimum atomic E-state index is -0.981. The molecule has 174 valence electrons. The van der Waals surface area contributed by atoms with Crippen LogP contribution in [0.5, 0.6) is 0 Å². The van der Waals surface area contributed by atoms with Crippen molar-refractivity contribution >= 4 is 23.5 Å². The lowest BCUT2D eigenvalue weighted by Crippen LogP contribution is -2.29. The number of imidazole rings is 1. The van der Waals surface area contributed by atoms with Gasteiger partial charge in [0.05, 0.1) is 17.8 Å². The van der Waals surface area contributed by atoms with Crippen molar-refractivity contribution in [2.24, 2.45) is 0 Å². The van der Waals surface area contributed by atoms with Crippen LogP contribution in [-0.2, 0) is 13.0 Å². The third kappa shape index (κ3) is 5.45. The molecule has 1 aromatic heterocycles. The number of hydrogen-bond acceptors (Lipinski definition) is 3. The smallest absolute Gasteiger partial charge is 0.336 e. The monoisotopic (exact) mass is 468 g/mol. The summed E-state index contributed by atoms with van der Waals surface area (Å²) in [5.74, 6) is -1.26. The maximum absolute atomic E-state index is 13.1. The number of carboxylic acid groups (broad SMARTS) is 1. The van der Waals surface area contributed by atoms with Crippen molar-refractivity contribution in [3.63, 3.8) is 0 Å². The second-order valence-electron chi connectivity index (χ2n) is 8.09. The van der Waals surface area contributed by atoms with Gasteiger partial charge in [0.25, 0.3) is 0 Å². The molecule has 6 nitrogen and oxygen atoms in total. The molecular formula is C26H29ClN2O4. The standard InChI is InChI=1S/C26H29ClN2O4/c1-3-5-11-22-24(27)29(23(30)12-6-4-2)26(33)28(22)17-18-13-15-19(16-14-18)20-9-7-8-10-21(20)25(31)32/h7-10,13-16H,3-6,11-12,17H2,1-2H3,(H,31,32). The highest BCUT2D eigenvalue weighted by Crippen LogP contribution is 2.25. The predicted octanol–water partition coefficient (Wildman–Crippen LogP) is 5.89. The fourth-order valence-corrected chi connectivity index (χ4v) is 4.22. The molecule has 0 spiro atoms. The van der Waals surface area contributed by atoms with Crippen molar-refractivity contribution in [3.8, 4) is 11.1 Å². The van der Waals surface area contributed by atoms with E-state index in [9.17, 15) is 19.5 Å². The Kier molecular flexibility index (Phi) is 8.28. The SMILES string of the molecule is CCCCC(=O)n1c(Cl)c(CCCC)n(Cc2ccc(-c3ccccc3C(=O)O)cc2)c1=O. The molecule has 0 saturated carbocycles. The van der Waals surface area contributed by atoms with Crippen LogP contribution in [-0.4, -0.2) is 26.1 Å². The molecule has 0 saturated heterocycles. The molecular weight excluding hydrogens is 440 g/mol. The predicted molar refractivity (Wildman–Crippen MR) is 130 cm³/mol. The van der Waals surface area contributed by atoms with E-state index in [1.165, 1.54) is 0 Å². The summed E-state index contributed by atoms with van der Waals surface area (Å²) in [6.45, 7) is 4.34. The van der Waals surface area contributed by atoms with Gasteiger partial charge in [0.15, 0.2) is 0 Å². The summed E-state index contributed by atoms with van der Waals surface area (Å²) in [7, 11) is 0. The van der Waals surface area contributed by atoms with Gasteiger partial charge in [-0.25, -0.2) is 14.2 Å². The van der Waals surface area contributed by atoms with Crippen LogP contribution < -0.4 is 5.69 Å². The van der Waals surface area contributed by atoms with E-state index in [-0.39, 0.29) is 29.6 Å². The van der Waals surface area contributed by atoms with Crippen LogP contribution in [0.1, 0.15) is 72.4 Å². The molecule has 1 N–H and O–H groups in total. The van der Waals surface area contributed by atoms with E-state index in [1.807, 2.05) is 31.2 Å². The number of aromatic nitrogens is 2. The van der Waals surface area contributed by atoms with Crippen molar-refractivity contribution in [1.29, 1.82) is 0 Å². The number of carbonyl (C=O) groups is 2. The average Bonchev–Trinajstić information content (AvgIpc) is 3.05. The molecule has 0 fully saturated rings. The van der Waals surface area contributed by atoms with Gasteiger partial charge >= 0.3 is 11.7 Å². The maximum atomic E-state index is 13.1. The van der Waals surface area contributed by atoms with E-state index >= 15 is 0 Å². The first-order valence-corrected chi connectivity index (χ1v) is 11.7. The van der Waals surface area contributed by atoms with E-state index in [0.29, 0.717) is 24.1 Å². The lowest BCUT2D eigenvalue weighted by Gasteiger charge is -2.10. The Labute approximate surface area is 198 Å². The highest BCUT2D eigenvalue weighted by Gasteiger charge is 2.22. The average molecular weight is 469 g/mol. The number of carboxylic acids is 1. The Morgan fingerprint density at radius 1 is 0.970 bits per heavy atom. The molecule has 0 aliphatic carbocycles. The molecule has 2 aromatic carbocycles. The van der Waals surface area contributed by atoms with E-state index < -0.39 is 11.7 Å². The number of unbranched alkanes of at least 4 members (excludes halogenated alkanes) is 2. The second-order valence-corrected chi connectivity index (χ2v) is 8.45. The minimum absolute atomic E-state index is 0.210. The zero-order valence-corrected chi connectivity index (χ0v) is 19.8. The molecule has 0 unspecified atom stereocenters.